The monoisotopic (exact) mass is 291 g/mol. The zero-order chi connectivity index (χ0) is 13.5. The van der Waals surface area contributed by atoms with Crippen molar-refractivity contribution in [1.82, 2.24) is 5.32 Å². The lowest BCUT2D eigenvalue weighted by Gasteiger charge is -2.04. The van der Waals surface area contributed by atoms with E-state index >= 15 is 0 Å². The zero-order valence-electron chi connectivity index (χ0n) is 11.6. The lowest BCUT2D eigenvalue weighted by atomic mass is 10.2. The minimum atomic E-state index is 1.00. The standard InChI is InChI=1S/C16H21NS2/c1-13-4-3-5-15(10-13)12-18-9-8-17-11-16-7-6-14(2)19-16/h3-7,10,17H,8-9,11-12H2,1-2H3. The number of thiophene rings is 1. The summed E-state index contributed by atoms with van der Waals surface area (Å²) in [5.41, 5.74) is 2.78. The second-order valence-corrected chi connectivity index (χ2v) is 7.21. The summed E-state index contributed by atoms with van der Waals surface area (Å²) in [6.45, 7) is 6.39. The van der Waals surface area contributed by atoms with Gasteiger partial charge in [0.1, 0.15) is 0 Å². The Morgan fingerprint density at radius 1 is 1.16 bits per heavy atom. The van der Waals surface area contributed by atoms with Crippen LogP contribution in [0.15, 0.2) is 36.4 Å². The van der Waals surface area contributed by atoms with Gasteiger partial charge in [-0.25, -0.2) is 0 Å². The number of benzene rings is 1. The third-order valence-corrected chi connectivity index (χ3v) is 4.90. The van der Waals surface area contributed by atoms with Crippen molar-refractivity contribution in [3.8, 4) is 0 Å². The van der Waals surface area contributed by atoms with E-state index in [0.29, 0.717) is 0 Å². The molecule has 0 spiro atoms. The minimum Gasteiger partial charge on any atom is -0.311 e. The first-order valence-corrected chi connectivity index (χ1v) is 8.60. The predicted molar refractivity (Wildman–Crippen MR) is 88.1 cm³/mol. The molecule has 2 rings (SSSR count). The van der Waals surface area contributed by atoms with Gasteiger partial charge in [-0.3, -0.25) is 0 Å². The molecule has 0 unspecified atom stereocenters. The molecule has 0 amide bonds. The van der Waals surface area contributed by atoms with Crippen LogP contribution in [-0.2, 0) is 12.3 Å². The number of rotatable bonds is 7. The Balaban J connectivity index is 1.57. The maximum Gasteiger partial charge on any atom is 0.0300 e. The van der Waals surface area contributed by atoms with Crippen LogP contribution in [0, 0.1) is 13.8 Å². The van der Waals surface area contributed by atoms with Gasteiger partial charge in [0.2, 0.25) is 0 Å². The molecular weight excluding hydrogens is 270 g/mol. The molecule has 0 aliphatic heterocycles. The van der Waals surface area contributed by atoms with Gasteiger partial charge in [-0.2, -0.15) is 11.8 Å². The van der Waals surface area contributed by atoms with Crippen LogP contribution in [0.5, 0.6) is 0 Å². The summed E-state index contributed by atoms with van der Waals surface area (Å²) in [5.74, 6) is 2.28. The summed E-state index contributed by atoms with van der Waals surface area (Å²) in [4.78, 5) is 2.83. The molecule has 1 nitrogen and oxygen atoms in total. The Kier molecular flexibility index (Phi) is 5.95. The van der Waals surface area contributed by atoms with Gasteiger partial charge in [0.05, 0.1) is 0 Å². The third kappa shape index (κ3) is 5.39. The van der Waals surface area contributed by atoms with E-state index in [2.05, 4.69) is 55.6 Å². The normalized spacial score (nSPS) is 10.8. The summed E-state index contributed by atoms with van der Waals surface area (Å²) >= 11 is 3.88. The van der Waals surface area contributed by atoms with Gasteiger partial charge in [-0.05, 0) is 31.5 Å². The second-order valence-electron chi connectivity index (χ2n) is 4.73. The Morgan fingerprint density at radius 2 is 2.05 bits per heavy atom. The van der Waals surface area contributed by atoms with Gasteiger partial charge < -0.3 is 5.32 Å². The van der Waals surface area contributed by atoms with Crippen LogP contribution in [0.3, 0.4) is 0 Å². The molecule has 0 atom stereocenters. The van der Waals surface area contributed by atoms with Gasteiger partial charge in [-0.15, -0.1) is 11.3 Å². The highest BCUT2D eigenvalue weighted by atomic mass is 32.2. The lowest BCUT2D eigenvalue weighted by molar-refractivity contribution is 0.741. The largest absolute Gasteiger partial charge is 0.311 e. The lowest BCUT2D eigenvalue weighted by Crippen LogP contribution is -2.15. The summed E-state index contributed by atoms with van der Waals surface area (Å²) < 4.78 is 0. The first-order chi connectivity index (χ1) is 9.24. The molecule has 0 aliphatic carbocycles. The summed E-state index contributed by atoms with van der Waals surface area (Å²) in [5, 5.41) is 3.50. The Bertz CT molecular complexity index is 505. The van der Waals surface area contributed by atoms with Crippen molar-refractivity contribution in [2.24, 2.45) is 0 Å². The van der Waals surface area contributed by atoms with Crippen LogP contribution in [0.25, 0.3) is 0 Å². The SMILES string of the molecule is Cc1cccc(CSCCNCc2ccc(C)s2)c1. The zero-order valence-corrected chi connectivity index (χ0v) is 13.2. The fraction of sp³-hybridized carbons (Fsp3) is 0.375. The summed E-state index contributed by atoms with van der Waals surface area (Å²) in [6, 6.07) is 13.2. The molecule has 19 heavy (non-hydrogen) atoms. The van der Waals surface area contributed by atoms with Gasteiger partial charge in [0.15, 0.2) is 0 Å². The molecule has 0 fully saturated rings. The molecule has 3 heteroatoms. The minimum absolute atomic E-state index is 1.00. The highest BCUT2D eigenvalue weighted by molar-refractivity contribution is 7.98. The molecule has 0 saturated carbocycles. The van der Waals surface area contributed by atoms with E-state index in [1.54, 1.807) is 0 Å². The van der Waals surface area contributed by atoms with Crippen LogP contribution >= 0.6 is 23.1 Å². The summed E-state index contributed by atoms with van der Waals surface area (Å²) in [6.07, 6.45) is 0. The fourth-order valence-corrected chi connectivity index (χ4v) is 3.64. The summed E-state index contributed by atoms with van der Waals surface area (Å²) in [7, 11) is 0. The molecule has 1 aromatic heterocycles. The number of hydrogen-bond acceptors (Lipinski definition) is 3. The van der Waals surface area contributed by atoms with Crippen molar-refractivity contribution < 1.29 is 0 Å². The van der Waals surface area contributed by atoms with E-state index in [-0.39, 0.29) is 0 Å². The molecule has 1 heterocycles. The Labute approximate surface area is 124 Å². The van der Waals surface area contributed by atoms with E-state index in [4.69, 9.17) is 0 Å². The molecule has 0 aliphatic rings. The van der Waals surface area contributed by atoms with Crippen molar-refractivity contribution in [1.29, 1.82) is 0 Å². The molecular formula is C16H21NS2. The Morgan fingerprint density at radius 3 is 2.79 bits per heavy atom. The highest BCUT2D eigenvalue weighted by Gasteiger charge is 1.97. The van der Waals surface area contributed by atoms with Crippen LogP contribution in [-0.4, -0.2) is 12.3 Å². The number of hydrogen-bond donors (Lipinski definition) is 1. The quantitative estimate of drug-likeness (QED) is 0.759. The van der Waals surface area contributed by atoms with E-state index < -0.39 is 0 Å². The highest BCUT2D eigenvalue weighted by Crippen LogP contribution is 2.15. The maximum absolute atomic E-state index is 3.50. The first-order valence-electron chi connectivity index (χ1n) is 6.63. The second kappa shape index (κ2) is 7.73. The van der Waals surface area contributed by atoms with Crippen LogP contribution in [0.1, 0.15) is 20.9 Å². The third-order valence-electron chi connectivity index (χ3n) is 2.87. The van der Waals surface area contributed by atoms with Crippen molar-refractivity contribution in [2.45, 2.75) is 26.1 Å². The van der Waals surface area contributed by atoms with Crippen LogP contribution < -0.4 is 5.32 Å². The number of nitrogens with one attached hydrogen (secondary N) is 1. The van der Waals surface area contributed by atoms with E-state index in [9.17, 15) is 0 Å². The van der Waals surface area contributed by atoms with Crippen molar-refractivity contribution in [2.75, 3.05) is 12.3 Å². The average Bonchev–Trinajstić information content (AvgIpc) is 2.79. The molecule has 102 valence electrons. The van der Waals surface area contributed by atoms with Crippen LogP contribution in [0.2, 0.25) is 0 Å². The molecule has 1 N–H and O–H groups in total. The van der Waals surface area contributed by atoms with Gasteiger partial charge in [-0.1, -0.05) is 29.8 Å². The van der Waals surface area contributed by atoms with Gasteiger partial charge in [0, 0.05) is 34.3 Å². The van der Waals surface area contributed by atoms with Crippen molar-refractivity contribution >= 4 is 23.1 Å². The fourth-order valence-electron chi connectivity index (χ4n) is 1.93. The van der Waals surface area contributed by atoms with E-state index in [0.717, 1.165) is 24.6 Å². The topological polar surface area (TPSA) is 12.0 Å². The Hall–Kier alpha value is -0.770. The maximum atomic E-state index is 3.50. The number of thioether (sulfide) groups is 1. The molecule has 1 aromatic carbocycles. The smallest absolute Gasteiger partial charge is 0.0300 e. The van der Waals surface area contributed by atoms with E-state index in [1.165, 1.54) is 20.9 Å². The van der Waals surface area contributed by atoms with Gasteiger partial charge >= 0.3 is 0 Å². The van der Waals surface area contributed by atoms with Crippen molar-refractivity contribution in [3.05, 3.63) is 57.3 Å². The first kappa shape index (κ1) is 14.6. The predicted octanol–water partition coefficient (Wildman–Crippen LogP) is 4.39. The molecule has 0 bridgehead atoms. The average molecular weight is 291 g/mol. The van der Waals surface area contributed by atoms with Crippen LogP contribution in [0.4, 0.5) is 0 Å². The van der Waals surface area contributed by atoms with Gasteiger partial charge in [0.25, 0.3) is 0 Å². The number of aryl methyl sites for hydroxylation is 2. The van der Waals surface area contributed by atoms with E-state index in [1.807, 2.05) is 23.1 Å². The molecule has 0 radical (unpaired) electrons. The molecule has 0 saturated heterocycles. The molecule has 2 aromatic rings. The van der Waals surface area contributed by atoms with Crippen molar-refractivity contribution in [3.63, 3.8) is 0 Å².